The molecule has 0 fully saturated rings. The summed E-state index contributed by atoms with van der Waals surface area (Å²) in [5, 5.41) is 7.72. The first kappa shape index (κ1) is 15.0. The summed E-state index contributed by atoms with van der Waals surface area (Å²) in [6, 6.07) is 2.41. The second-order valence-electron chi connectivity index (χ2n) is 5.04. The molecule has 8 heteroatoms. The molecule has 2 heterocycles. The lowest BCUT2D eigenvalue weighted by Crippen LogP contribution is -2.01. The van der Waals surface area contributed by atoms with Gasteiger partial charge >= 0.3 is 6.01 Å². The number of aryl methyl sites for hydroxylation is 2. The van der Waals surface area contributed by atoms with Crippen LogP contribution in [0, 0.1) is 25.5 Å². The monoisotopic (exact) mass is 317 g/mol. The highest BCUT2D eigenvalue weighted by molar-refractivity contribution is 5.37. The van der Waals surface area contributed by atoms with Crippen LogP contribution in [0.25, 0.3) is 5.69 Å². The van der Waals surface area contributed by atoms with Gasteiger partial charge in [-0.25, -0.2) is 23.4 Å². The van der Waals surface area contributed by atoms with E-state index in [2.05, 4.69) is 20.3 Å². The van der Waals surface area contributed by atoms with Gasteiger partial charge in [-0.15, -0.1) is 5.10 Å². The summed E-state index contributed by atoms with van der Waals surface area (Å²) < 4.78 is 33.7. The Balaban J connectivity index is 1.75. The molecule has 0 bridgehead atoms. The SMILES string of the molecule is Cc1cnc(OCc2cn(-c3cc(C)c(F)cc3F)nn2)nc1. The Morgan fingerprint density at radius 3 is 2.57 bits per heavy atom. The van der Waals surface area contributed by atoms with Crippen molar-refractivity contribution in [3.05, 3.63) is 59.2 Å². The van der Waals surface area contributed by atoms with Crippen molar-refractivity contribution in [1.82, 2.24) is 25.0 Å². The molecule has 3 rings (SSSR count). The lowest BCUT2D eigenvalue weighted by atomic mass is 10.2. The number of hydrogen-bond acceptors (Lipinski definition) is 5. The number of hydrogen-bond donors (Lipinski definition) is 0. The van der Waals surface area contributed by atoms with Gasteiger partial charge in [0.2, 0.25) is 0 Å². The van der Waals surface area contributed by atoms with E-state index in [9.17, 15) is 8.78 Å². The van der Waals surface area contributed by atoms with Crippen molar-refractivity contribution in [2.45, 2.75) is 20.5 Å². The van der Waals surface area contributed by atoms with Crippen molar-refractivity contribution in [1.29, 1.82) is 0 Å². The number of ether oxygens (including phenoxy) is 1. The Morgan fingerprint density at radius 2 is 1.83 bits per heavy atom. The van der Waals surface area contributed by atoms with Crippen LogP contribution >= 0.6 is 0 Å². The Labute approximate surface area is 130 Å². The van der Waals surface area contributed by atoms with Gasteiger partial charge in [0.25, 0.3) is 0 Å². The van der Waals surface area contributed by atoms with E-state index in [1.807, 2.05) is 6.92 Å². The first-order valence-corrected chi connectivity index (χ1v) is 6.81. The van der Waals surface area contributed by atoms with Crippen LogP contribution in [0.4, 0.5) is 8.78 Å². The van der Waals surface area contributed by atoms with Crippen molar-refractivity contribution in [2.75, 3.05) is 0 Å². The molecular formula is C15H13F2N5O. The van der Waals surface area contributed by atoms with Gasteiger partial charge in [-0.1, -0.05) is 5.21 Å². The number of halogens is 2. The zero-order valence-electron chi connectivity index (χ0n) is 12.5. The number of nitrogens with zero attached hydrogens (tertiary/aromatic N) is 5. The second kappa shape index (κ2) is 6.07. The third-order valence-corrected chi connectivity index (χ3v) is 3.12. The van der Waals surface area contributed by atoms with E-state index in [-0.39, 0.29) is 18.3 Å². The van der Waals surface area contributed by atoms with Crippen molar-refractivity contribution >= 4 is 0 Å². The maximum Gasteiger partial charge on any atom is 0.316 e. The Hall–Kier alpha value is -2.90. The zero-order chi connectivity index (χ0) is 16.4. The molecule has 0 N–H and O–H groups in total. The highest BCUT2D eigenvalue weighted by Crippen LogP contribution is 2.17. The minimum atomic E-state index is -0.715. The Kier molecular flexibility index (Phi) is 3.96. The molecule has 0 spiro atoms. The third kappa shape index (κ3) is 3.31. The molecule has 23 heavy (non-hydrogen) atoms. The van der Waals surface area contributed by atoms with Crippen molar-refractivity contribution in [3.63, 3.8) is 0 Å². The molecule has 3 aromatic rings. The Bertz CT molecular complexity index is 832. The van der Waals surface area contributed by atoms with Gasteiger partial charge in [0.1, 0.15) is 23.8 Å². The summed E-state index contributed by atoms with van der Waals surface area (Å²) in [5.74, 6) is -1.32. The van der Waals surface area contributed by atoms with E-state index in [1.165, 1.54) is 16.9 Å². The van der Waals surface area contributed by atoms with Crippen LogP contribution in [-0.2, 0) is 6.61 Å². The maximum absolute atomic E-state index is 13.8. The fourth-order valence-electron chi connectivity index (χ4n) is 1.89. The molecule has 118 valence electrons. The molecular weight excluding hydrogens is 304 g/mol. The molecule has 0 aliphatic heterocycles. The van der Waals surface area contributed by atoms with Crippen molar-refractivity contribution in [3.8, 4) is 11.7 Å². The summed E-state index contributed by atoms with van der Waals surface area (Å²) in [5.41, 5.74) is 1.83. The molecule has 0 saturated carbocycles. The number of aromatic nitrogens is 5. The maximum atomic E-state index is 13.8. The summed E-state index contributed by atoms with van der Waals surface area (Å²) in [6.45, 7) is 3.51. The lowest BCUT2D eigenvalue weighted by molar-refractivity contribution is 0.276. The van der Waals surface area contributed by atoms with E-state index in [0.717, 1.165) is 11.6 Å². The predicted octanol–water partition coefficient (Wildman–Crippen LogP) is 2.53. The molecule has 1 aromatic carbocycles. The van der Waals surface area contributed by atoms with Crippen LogP contribution < -0.4 is 4.74 Å². The van der Waals surface area contributed by atoms with Crippen LogP contribution in [0.1, 0.15) is 16.8 Å². The van der Waals surface area contributed by atoms with E-state index in [4.69, 9.17) is 4.74 Å². The van der Waals surface area contributed by atoms with Gasteiger partial charge in [0.15, 0.2) is 5.82 Å². The van der Waals surface area contributed by atoms with E-state index >= 15 is 0 Å². The predicted molar refractivity (Wildman–Crippen MR) is 77.1 cm³/mol. The molecule has 0 saturated heterocycles. The van der Waals surface area contributed by atoms with Crippen molar-refractivity contribution < 1.29 is 13.5 Å². The standard InChI is InChI=1S/C15H13F2N5O/c1-9-5-18-15(19-6-9)23-8-11-7-22(21-20-11)14-3-10(2)12(16)4-13(14)17/h3-7H,8H2,1-2H3. The van der Waals surface area contributed by atoms with Crippen LogP contribution in [0.15, 0.2) is 30.7 Å². The summed E-state index contributed by atoms with van der Waals surface area (Å²) in [4.78, 5) is 8.01. The van der Waals surface area contributed by atoms with Gasteiger partial charge in [-0.05, 0) is 31.0 Å². The smallest absolute Gasteiger partial charge is 0.316 e. The van der Waals surface area contributed by atoms with Gasteiger partial charge < -0.3 is 4.74 Å². The first-order chi connectivity index (χ1) is 11.0. The fraction of sp³-hybridized carbons (Fsp3) is 0.200. The first-order valence-electron chi connectivity index (χ1n) is 6.81. The minimum Gasteiger partial charge on any atom is -0.457 e. The summed E-state index contributed by atoms with van der Waals surface area (Å²) in [6.07, 6.45) is 4.77. The molecule has 0 aliphatic carbocycles. The number of rotatable bonds is 4. The molecule has 0 unspecified atom stereocenters. The second-order valence-corrected chi connectivity index (χ2v) is 5.04. The molecule has 0 amide bonds. The molecule has 0 atom stereocenters. The summed E-state index contributed by atoms with van der Waals surface area (Å²) in [7, 11) is 0. The minimum absolute atomic E-state index is 0.0882. The summed E-state index contributed by atoms with van der Waals surface area (Å²) >= 11 is 0. The van der Waals surface area contributed by atoms with Crippen molar-refractivity contribution in [2.24, 2.45) is 0 Å². The molecule has 6 nitrogen and oxygen atoms in total. The van der Waals surface area contributed by atoms with Crippen LogP contribution in [0.5, 0.6) is 6.01 Å². The van der Waals surface area contributed by atoms with Gasteiger partial charge in [0.05, 0.1) is 6.20 Å². The number of benzene rings is 1. The van der Waals surface area contributed by atoms with E-state index < -0.39 is 11.6 Å². The molecule has 0 aliphatic rings. The van der Waals surface area contributed by atoms with Gasteiger partial charge in [-0.2, -0.15) is 0 Å². The van der Waals surface area contributed by atoms with E-state index in [0.29, 0.717) is 11.3 Å². The molecule has 2 aromatic heterocycles. The third-order valence-electron chi connectivity index (χ3n) is 3.12. The van der Waals surface area contributed by atoms with Gasteiger partial charge in [0, 0.05) is 18.5 Å². The average molecular weight is 317 g/mol. The van der Waals surface area contributed by atoms with Crippen LogP contribution in [-0.4, -0.2) is 25.0 Å². The highest BCUT2D eigenvalue weighted by atomic mass is 19.1. The van der Waals surface area contributed by atoms with Crippen LogP contribution in [0.2, 0.25) is 0 Å². The largest absolute Gasteiger partial charge is 0.457 e. The molecule has 0 radical (unpaired) electrons. The lowest BCUT2D eigenvalue weighted by Gasteiger charge is -2.04. The highest BCUT2D eigenvalue weighted by Gasteiger charge is 2.12. The topological polar surface area (TPSA) is 65.7 Å². The zero-order valence-corrected chi connectivity index (χ0v) is 12.5. The van der Waals surface area contributed by atoms with E-state index in [1.54, 1.807) is 19.3 Å². The fourth-order valence-corrected chi connectivity index (χ4v) is 1.89. The van der Waals surface area contributed by atoms with Gasteiger partial charge in [-0.3, -0.25) is 0 Å². The quantitative estimate of drug-likeness (QED) is 0.740. The average Bonchev–Trinajstić information content (AvgIpc) is 2.99. The Morgan fingerprint density at radius 1 is 1.09 bits per heavy atom. The van der Waals surface area contributed by atoms with Crippen LogP contribution in [0.3, 0.4) is 0 Å². The normalized spacial score (nSPS) is 10.8.